The van der Waals surface area contributed by atoms with E-state index in [1.807, 2.05) is 38.1 Å². The zero-order valence-corrected chi connectivity index (χ0v) is 16.6. The van der Waals surface area contributed by atoms with Gasteiger partial charge in [-0.15, -0.1) is 0 Å². The van der Waals surface area contributed by atoms with Gasteiger partial charge in [-0.2, -0.15) is 0 Å². The predicted molar refractivity (Wildman–Crippen MR) is 112 cm³/mol. The second-order valence-electron chi connectivity index (χ2n) is 6.93. The van der Waals surface area contributed by atoms with Crippen molar-refractivity contribution >= 4 is 28.6 Å². The number of hydrogen-bond acceptors (Lipinski definition) is 4. The maximum Gasteiger partial charge on any atom is 0.337 e. The molecule has 0 radical (unpaired) electrons. The average molecular weight is 393 g/mol. The molecule has 3 rings (SSSR count). The van der Waals surface area contributed by atoms with Crippen LogP contribution in [-0.4, -0.2) is 35.0 Å². The van der Waals surface area contributed by atoms with Crippen molar-refractivity contribution in [3.8, 4) is 0 Å². The van der Waals surface area contributed by atoms with Gasteiger partial charge in [-0.3, -0.25) is 4.79 Å². The van der Waals surface area contributed by atoms with E-state index in [2.05, 4.69) is 15.0 Å². The maximum atomic E-state index is 12.9. The number of urea groups is 1. The van der Waals surface area contributed by atoms with E-state index >= 15 is 0 Å². The molecule has 2 N–H and O–H groups in total. The number of H-pyrrole nitrogens is 1. The largest absolute Gasteiger partial charge is 0.465 e. The number of amides is 2. The molecule has 7 heteroatoms. The number of carbonyl (C=O) groups is 2. The summed E-state index contributed by atoms with van der Waals surface area (Å²) in [5.74, 6) is -0.437. The summed E-state index contributed by atoms with van der Waals surface area (Å²) in [6, 6.07) is 15.1. The number of nitrogens with zero attached hydrogens (tertiary/aromatic N) is 1. The molecule has 2 aromatic carbocycles. The Morgan fingerprint density at radius 2 is 1.79 bits per heavy atom. The summed E-state index contributed by atoms with van der Waals surface area (Å²) in [6.07, 6.45) is 0. The van der Waals surface area contributed by atoms with Gasteiger partial charge in [0.1, 0.15) is 0 Å². The molecule has 0 saturated heterocycles. The van der Waals surface area contributed by atoms with Crippen molar-refractivity contribution in [1.29, 1.82) is 0 Å². The van der Waals surface area contributed by atoms with Crippen LogP contribution in [-0.2, 0) is 11.3 Å². The third-order valence-electron chi connectivity index (χ3n) is 4.62. The van der Waals surface area contributed by atoms with Crippen LogP contribution in [0, 0.1) is 0 Å². The summed E-state index contributed by atoms with van der Waals surface area (Å²) in [7, 11) is 1.32. The first-order chi connectivity index (χ1) is 13.9. The molecule has 0 aliphatic rings. The minimum atomic E-state index is -0.437. The number of fused-ring (bicyclic) bond motifs is 1. The number of benzene rings is 2. The average Bonchev–Trinajstić information content (AvgIpc) is 2.71. The molecular weight excluding hydrogens is 370 g/mol. The molecule has 1 aromatic heterocycles. The van der Waals surface area contributed by atoms with Gasteiger partial charge in [-0.25, -0.2) is 9.59 Å². The van der Waals surface area contributed by atoms with Crippen LogP contribution in [0.2, 0.25) is 0 Å². The molecule has 0 aliphatic carbocycles. The lowest BCUT2D eigenvalue weighted by Gasteiger charge is -2.27. The number of aromatic nitrogens is 1. The summed E-state index contributed by atoms with van der Waals surface area (Å²) < 4.78 is 4.68. The number of pyridine rings is 1. The first-order valence-electron chi connectivity index (χ1n) is 9.26. The fraction of sp³-hybridized carbons (Fsp3) is 0.227. The number of ether oxygens (including phenoxy) is 1. The molecule has 1 heterocycles. The number of rotatable bonds is 5. The normalized spacial score (nSPS) is 10.8. The highest BCUT2D eigenvalue weighted by molar-refractivity contribution is 5.92. The maximum absolute atomic E-state index is 12.9. The van der Waals surface area contributed by atoms with Crippen LogP contribution in [0.5, 0.6) is 0 Å². The van der Waals surface area contributed by atoms with Gasteiger partial charge in [-0.1, -0.05) is 18.2 Å². The lowest BCUT2D eigenvalue weighted by atomic mass is 10.1. The quantitative estimate of drug-likeness (QED) is 0.646. The Labute approximate surface area is 168 Å². The Balaban J connectivity index is 1.82. The van der Waals surface area contributed by atoms with Gasteiger partial charge in [0.2, 0.25) is 5.56 Å². The molecule has 0 fully saturated rings. The van der Waals surface area contributed by atoms with Crippen molar-refractivity contribution in [2.75, 3.05) is 12.4 Å². The predicted octanol–water partition coefficient (Wildman–Crippen LogP) is 3.76. The molecule has 0 unspecified atom stereocenters. The number of carbonyl (C=O) groups excluding carboxylic acids is 2. The zero-order chi connectivity index (χ0) is 21.0. The number of aromatic amines is 1. The van der Waals surface area contributed by atoms with Crippen LogP contribution in [0.1, 0.15) is 29.8 Å². The van der Waals surface area contributed by atoms with Crippen molar-refractivity contribution in [3.63, 3.8) is 0 Å². The smallest absolute Gasteiger partial charge is 0.337 e. The third kappa shape index (κ3) is 4.63. The SMILES string of the molecule is COC(=O)c1ccc(NC(=O)N(Cc2cc(=O)[nH]c3ccccc23)C(C)C)cc1. The first kappa shape index (κ1) is 20.1. The molecule has 0 saturated carbocycles. The number of nitrogens with one attached hydrogen (secondary N) is 2. The summed E-state index contributed by atoms with van der Waals surface area (Å²) in [6.45, 7) is 4.11. The Bertz CT molecular complexity index is 1090. The second-order valence-corrected chi connectivity index (χ2v) is 6.93. The van der Waals surface area contributed by atoms with E-state index in [0.717, 1.165) is 16.5 Å². The van der Waals surface area contributed by atoms with E-state index in [1.54, 1.807) is 29.2 Å². The number of methoxy groups -OCH3 is 1. The standard InChI is InChI=1S/C22H23N3O4/c1-14(2)25(13-16-12-20(26)24-19-7-5-4-6-18(16)19)22(28)23-17-10-8-15(9-11-17)21(27)29-3/h4-12,14H,13H2,1-3H3,(H,23,28)(H,24,26). The fourth-order valence-corrected chi connectivity index (χ4v) is 3.08. The highest BCUT2D eigenvalue weighted by Crippen LogP contribution is 2.19. The Morgan fingerprint density at radius 1 is 1.10 bits per heavy atom. The summed E-state index contributed by atoms with van der Waals surface area (Å²) in [4.78, 5) is 40.9. The second kappa shape index (κ2) is 8.60. The van der Waals surface area contributed by atoms with Crippen LogP contribution in [0.15, 0.2) is 59.4 Å². The van der Waals surface area contributed by atoms with Crippen LogP contribution >= 0.6 is 0 Å². The van der Waals surface area contributed by atoms with Crippen molar-refractivity contribution in [2.24, 2.45) is 0 Å². The first-order valence-corrected chi connectivity index (χ1v) is 9.26. The molecule has 0 bridgehead atoms. The molecule has 0 atom stereocenters. The van der Waals surface area contributed by atoms with E-state index < -0.39 is 5.97 Å². The monoisotopic (exact) mass is 393 g/mol. The molecule has 7 nitrogen and oxygen atoms in total. The minimum Gasteiger partial charge on any atom is -0.465 e. The van der Waals surface area contributed by atoms with E-state index in [0.29, 0.717) is 11.3 Å². The molecule has 0 aliphatic heterocycles. The molecule has 150 valence electrons. The van der Waals surface area contributed by atoms with Crippen molar-refractivity contribution in [1.82, 2.24) is 9.88 Å². The molecule has 29 heavy (non-hydrogen) atoms. The molecular formula is C22H23N3O4. The lowest BCUT2D eigenvalue weighted by molar-refractivity contribution is 0.0600. The number of esters is 1. The van der Waals surface area contributed by atoms with Gasteiger partial charge in [0.05, 0.1) is 12.7 Å². The van der Waals surface area contributed by atoms with Crippen molar-refractivity contribution < 1.29 is 14.3 Å². The third-order valence-corrected chi connectivity index (χ3v) is 4.62. The summed E-state index contributed by atoms with van der Waals surface area (Å²) in [5.41, 5.74) is 2.26. The van der Waals surface area contributed by atoms with Crippen molar-refractivity contribution in [3.05, 3.63) is 76.1 Å². The number of hydrogen-bond donors (Lipinski definition) is 2. The van der Waals surface area contributed by atoms with Gasteiger partial charge in [0, 0.05) is 35.2 Å². The molecule has 2 amide bonds. The van der Waals surface area contributed by atoms with Crippen LogP contribution in [0.25, 0.3) is 10.9 Å². The van der Waals surface area contributed by atoms with Gasteiger partial charge >= 0.3 is 12.0 Å². The molecule has 3 aromatic rings. The van der Waals surface area contributed by atoms with Gasteiger partial charge < -0.3 is 19.9 Å². The van der Waals surface area contributed by atoms with Gasteiger partial charge in [-0.05, 0) is 49.7 Å². The van der Waals surface area contributed by atoms with Crippen LogP contribution in [0.4, 0.5) is 10.5 Å². The van der Waals surface area contributed by atoms with Crippen LogP contribution < -0.4 is 10.9 Å². The Morgan fingerprint density at radius 3 is 2.45 bits per heavy atom. The van der Waals surface area contributed by atoms with E-state index in [4.69, 9.17) is 0 Å². The lowest BCUT2D eigenvalue weighted by Crippen LogP contribution is -2.39. The summed E-state index contributed by atoms with van der Waals surface area (Å²) >= 11 is 0. The van der Waals surface area contributed by atoms with E-state index in [9.17, 15) is 14.4 Å². The van der Waals surface area contributed by atoms with Gasteiger partial charge in [0.15, 0.2) is 0 Å². The van der Waals surface area contributed by atoms with E-state index in [-0.39, 0.29) is 24.2 Å². The van der Waals surface area contributed by atoms with Crippen LogP contribution in [0.3, 0.4) is 0 Å². The Kier molecular flexibility index (Phi) is 5.97. The van der Waals surface area contributed by atoms with Gasteiger partial charge in [0.25, 0.3) is 0 Å². The molecule has 0 spiro atoms. The Hall–Kier alpha value is -3.61. The highest BCUT2D eigenvalue weighted by Gasteiger charge is 2.19. The zero-order valence-electron chi connectivity index (χ0n) is 16.6. The summed E-state index contributed by atoms with van der Waals surface area (Å²) in [5, 5.41) is 3.74. The minimum absolute atomic E-state index is 0.0950. The van der Waals surface area contributed by atoms with E-state index in [1.165, 1.54) is 13.2 Å². The topological polar surface area (TPSA) is 91.5 Å². The fourth-order valence-electron chi connectivity index (χ4n) is 3.08. The number of anilines is 1. The number of para-hydroxylation sites is 1. The van der Waals surface area contributed by atoms with Crippen molar-refractivity contribution in [2.45, 2.75) is 26.4 Å². The highest BCUT2D eigenvalue weighted by atomic mass is 16.5.